The molecule has 0 aliphatic carbocycles. The Morgan fingerprint density at radius 1 is 0.968 bits per heavy atom. The fourth-order valence-electron chi connectivity index (χ4n) is 3.68. The van der Waals surface area contributed by atoms with Crippen molar-refractivity contribution in [3.8, 4) is 0 Å². The first-order valence-electron chi connectivity index (χ1n) is 10.5. The van der Waals surface area contributed by atoms with Gasteiger partial charge in [-0.05, 0) is 38.1 Å². The van der Waals surface area contributed by atoms with Crippen LogP contribution in [0.2, 0.25) is 0 Å². The first kappa shape index (κ1) is 22.5. The fraction of sp³-hybridized carbons (Fsp3) is 0.375. The predicted molar refractivity (Wildman–Crippen MR) is 121 cm³/mol. The van der Waals surface area contributed by atoms with Gasteiger partial charge in [-0.1, -0.05) is 35.9 Å². The molecule has 0 spiro atoms. The van der Waals surface area contributed by atoms with E-state index >= 15 is 0 Å². The van der Waals surface area contributed by atoms with E-state index in [1.807, 2.05) is 73.3 Å². The van der Waals surface area contributed by atoms with Crippen LogP contribution in [0.3, 0.4) is 0 Å². The van der Waals surface area contributed by atoms with Gasteiger partial charge in [0.15, 0.2) is 0 Å². The Hall–Kier alpha value is -3.19. The van der Waals surface area contributed by atoms with Crippen LogP contribution in [0, 0.1) is 6.92 Å². The Morgan fingerprint density at radius 3 is 2.19 bits per heavy atom. The Morgan fingerprint density at radius 2 is 1.58 bits per heavy atom. The summed E-state index contributed by atoms with van der Waals surface area (Å²) in [5.74, 6) is -0.323. The van der Waals surface area contributed by atoms with Crippen LogP contribution in [-0.2, 0) is 9.59 Å². The molecule has 1 atom stereocenters. The molecule has 0 radical (unpaired) electrons. The molecule has 1 aliphatic rings. The third-order valence-electron chi connectivity index (χ3n) is 5.62. The highest BCUT2D eigenvalue weighted by Gasteiger charge is 2.29. The number of piperazine rings is 1. The summed E-state index contributed by atoms with van der Waals surface area (Å²) in [4.78, 5) is 43.1. The second-order valence-corrected chi connectivity index (χ2v) is 7.98. The van der Waals surface area contributed by atoms with Gasteiger partial charge in [-0.15, -0.1) is 0 Å². The maximum Gasteiger partial charge on any atom is 0.253 e. The number of nitrogens with zero attached hydrogens (tertiary/aromatic N) is 3. The standard InChI is InChI=1S/C24H30N4O3/c1-18-9-11-21(12-10-18)25-22(29)17-26(3)23(30)19(2)27-13-15-28(16-14-27)24(31)20-7-5-4-6-8-20/h4-12,19H,13-17H2,1-3H3,(H,25,29)/t19-/m0/s1. The average molecular weight is 423 g/mol. The zero-order chi connectivity index (χ0) is 22.4. The quantitative estimate of drug-likeness (QED) is 0.775. The summed E-state index contributed by atoms with van der Waals surface area (Å²) >= 11 is 0. The minimum absolute atomic E-state index is 0.0104. The molecular weight excluding hydrogens is 392 g/mol. The lowest BCUT2D eigenvalue weighted by Gasteiger charge is -2.38. The first-order chi connectivity index (χ1) is 14.8. The number of amides is 3. The molecule has 1 fully saturated rings. The van der Waals surface area contributed by atoms with Gasteiger partial charge in [0.25, 0.3) is 5.91 Å². The maximum absolute atomic E-state index is 12.8. The number of hydrogen-bond donors (Lipinski definition) is 1. The molecule has 1 saturated heterocycles. The Bertz CT molecular complexity index is 906. The van der Waals surface area contributed by atoms with E-state index in [1.54, 1.807) is 7.05 Å². The molecular formula is C24H30N4O3. The number of anilines is 1. The van der Waals surface area contributed by atoms with Crippen molar-refractivity contribution in [3.05, 3.63) is 65.7 Å². The minimum Gasteiger partial charge on any atom is -0.336 e. The van der Waals surface area contributed by atoms with Crippen molar-refractivity contribution in [1.82, 2.24) is 14.7 Å². The number of hydrogen-bond acceptors (Lipinski definition) is 4. The molecule has 0 bridgehead atoms. The lowest BCUT2D eigenvalue weighted by atomic mass is 10.1. The van der Waals surface area contributed by atoms with Crippen LogP contribution in [0.5, 0.6) is 0 Å². The number of rotatable bonds is 6. The van der Waals surface area contributed by atoms with Crippen molar-refractivity contribution in [2.24, 2.45) is 0 Å². The number of benzene rings is 2. The number of nitrogens with one attached hydrogen (secondary N) is 1. The molecule has 7 nitrogen and oxygen atoms in total. The lowest BCUT2D eigenvalue weighted by Crippen LogP contribution is -2.55. The molecule has 0 aromatic heterocycles. The summed E-state index contributed by atoms with van der Waals surface area (Å²) < 4.78 is 0. The topological polar surface area (TPSA) is 73.0 Å². The monoisotopic (exact) mass is 422 g/mol. The van der Waals surface area contributed by atoms with E-state index < -0.39 is 0 Å². The highest BCUT2D eigenvalue weighted by atomic mass is 16.2. The van der Waals surface area contributed by atoms with Gasteiger partial charge >= 0.3 is 0 Å². The van der Waals surface area contributed by atoms with Crippen molar-refractivity contribution in [2.45, 2.75) is 19.9 Å². The van der Waals surface area contributed by atoms with Crippen LogP contribution >= 0.6 is 0 Å². The van der Waals surface area contributed by atoms with Crippen LogP contribution in [0.1, 0.15) is 22.8 Å². The zero-order valence-corrected chi connectivity index (χ0v) is 18.4. The molecule has 31 heavy (non-hydrogen) atoms. The summed E-state index contributed by atoms with van der Waals surface area (Å²) in [5, 5.41) is 2.82. The highest BCUT2D eigenvalue weighted by molar-refractivity contribution is 5.95. The average Bonchev–Trinajstić information content (AvgIpc) is 2.79. The number of carbonyl (C=O) groups excluding carboxylic acids is 3. The Kier molecular flexibility index (Phi) is 7.41. The largest absolute Gasteiger partial charge is 0.336 e. The van der Waals surface area contributed by atoms with E-state index in [-0.39, 0.29) is 30.3 Å². The smallest absolute Gasteiger partial charge is 0.253 e. The van der Waals surface area contributed by atoms with Crippen molar-refractivity contribution in [3.63, 3.8) is 0 Å². The number of likely N-dealkylation sites (N-methyl/N-ethyl adjacent to an activating group) is 1. The molecule has 1 N–H and O–H groups in total. The van der Waals surface area contributed by atoms with Gasteiger partial charge in [-0.3, -0.25) is 19.3 Å². The molecule has 0 unspecified atom stereocenters. The van der Waals surface area contributed by atoms with E-state index in [2.05, 4.69) is 10.2 Å². The lowest BCUT2D eigenvalue weighted by molar-refractivity contribution is -0.138. The molecule has 7 heteroatoms. The molecule has 2 aromatic rings. The van der Waals surface area contributed by atoms with Crippen LogP contribution in [0.4, 0.5) is 5.69 Å². The van der Waals surface area contributed by atoms with Gasteiger partial charge in [0, 0.05) is 44.5 Å². The Balaban J connectivity index is 1.47. The molecule has 3 amide bonds. The molecule has 1 heterocycles. The van der Waals surface area contributed by atoms with Crippen molar-refractivity contribution in [2.75, 3.05) is 45.1 Å². The second-order valence-electron chi connectivity index (χ2n) is 7.98. The maximum atomic E-state index is 12.8. The molecule has 1 aliphatic heterocycles. The summed E-state index contributed by atoms with van der Waals surface area (Å²) in [5.41, 5.74) is 2.51. The predicted octanol–water partition coefficient (Wildman–Crippen LogP) is 2.24. The van der Waals surface area contributed by atoms with Crippen LogP contribution < -0.4 is 5.32 Å². The van der Waals surface area contributed by atoms with Gasteiger partial charge in [-0.25, -0.2) is 0 Å². The summed E-state index contributed by atoms with van der Waals surface area (Å²) in [6.45, 7) is 6.21. The van der Waals surface area contributed by atoms with E-state index in [1.165, 1.54) is 4.90 Å². The van der Waals surface area contributed by atoms with E-state index in [0.29, 0.717) is 37.4 Å². The number of carbonyl (C=O) groups is 3. The summed E-state index contributed by atoms with van der Waals surface area (Å²) in [7, 11) is 1.64. The van der Waals surface area contributed by atoms with Crippen molar-refractivity contribution < 1.29 is 14.4 Å². The molecule has 3 rings (SSSR count). The third kappa shape index (κ3) is 5.92. The van der Waals surface area contributed by atoms with Gasteiger partial charge in [-0.2, -0.15) is 0 Å². The second kappa shape index (κ2) is 10.2. The number of aryl methyl sites for hydroxylation is 1. The zero-order valence-electron chi connectivity index (χ0n) is 18.4. The van der Waals surface area contributed by atoms with Gasteiger partial charge < -0.3 is 15.1 Å². The van der Waals surface area contributed by atoms with E-state index in [0.717, 1.165) is 5.56 Å². The van der Waals surface area contributed by atoms with Crippen molar-refractivity contribution in [1.29, 1.82) is 0 Å². The highest BCUT2D eigenvalue weighted by Crippen LogP contribution is 2.13. The third-order valence-corrected chi connectivity index (χ3v) is 5.62. The van der Waals surface area contributed by atoms with Crippen LogP contribution in [0.25, 0.3) is 0 Å². The Labute approximate surface area is 183 Å². The normalized spacial score (nSPS) is 15.3. The van der Waals surface area contributed by atoms with E-state index in [9.17, 15) is 14.4 Å². The molecule has 2 aromatic carbocycles. The SMILES string of the molecule is Cc1ccc(NC(=O)CN(C)C(=O)[C@H](C)N2CCN(C(=O)c3ccccc3)CC2)cc1. The van der Waals surface area contributed by atoms with Gasteiger partial charge in [0.2, 0.25) is 11.8 Å². The minimum atomic E-state index is -0.355. The van der Waals surface area contributed by atoms with Crippen LogP contribution in [-0.4, -0.2) is 78.2 Å². The molecule has 164 valence electrons. The first-order valence-corrected chi connectivity index (χ1v) is 10.5. The summed E-state index contributed by atoms with van der Waals surface area (Å²) in [6.07, 6.45) is 0. The van der Waals surface area contributed by atoms with Gasteiger partial charge in [0.05, 0.1) is 12.6 Å². The van der Waals surface area contributed by atoms with E-state index in [4.69, 9.17) is 0 Å². The van der Waals surface area contributed by atoms with Crippen LogP contribution in [0.15, 0.2) is 54.6 Å². The fourth-order valence-corrected chi connectivity index (χ4v) is 3.68. The van der Waals surface area contributed by atoms with Gasteiger partial charge in [0.1, 0.15) is 0 Å². The molecule has 0 saturated carbocycles. The van der Waals surface area contributed by atoms with Crippen molar-refractivity contribution >= 4 is 23.4 Å². The summed E-state index contributed by atoms with van der Waals surface area (Å²) in [6, 6.07) is 16.4.